The fourth-order valence-electron chi connectivity index (χ4n) is 1.31. The molecule has 0 saturated heterocycles. The van der Waals surface area contributed by atoms with E-state index in [1.54, 1.807) is 31.2 Å². The van der Waals surface area contributed by atoms with Gasteiger partial charge in [0.1, 0.15) is 11.6 Å². The van der Waals surface area contributed by atoms with Crippen molar-refractivity contribution in [2.45, 2.75) is 34.1 Å². The summed E-state index contributed by atoms with van der Waals surface area (Å²) in [5.74, 6) is -0.276. The van der Waals surface area contributed by atoms with Crippen molar-refractivity contribution in [1.29, 1.82) is 0 Å². The van der Waals surface area contributed by atoms with E-state index in [-0.39, 0.29) is 11.6 Å². The van der Waals surface area contributed by atoms with Crippen molar-refractivity contribution in [1.82, 2.24) is 0 Å². The average Bonchev–Trinajstić information content (AvgIpc) is 2.45. The highest BCUT2D eigenvalue weighted by Gasteiger charge is 1.89. The minimum atomic E-state index is -0.144. The quantitative estimate of drug-likeness (QED) is 0.633. The predicted octanol–water partition coefficient (Wildman–Crippen LogP) is 5.55. The van der Waals surface area contributed by atoms with Gasteiger partial charge < -0.3 is 0 Å². The minimum absolute atomic E-state index is 0.132. The first-order valence-corrected chi connectivity index (χ1v) is 6.59. The van der Waals surface area contributed by atoms with Gasteiger partial charge in [0.05, 0.1) is 0 Å². The number of aryl methyl sites for hydroxylation is 2. The maximum atomic E-state index is 12.4. The van der Waals surface area contributed by atoms with Crippen LogP contribution in [-0.4, -0.2) is 0 Å². The summed E-state index contributed by atoms with van der Waals surface area (Å²) in [5.41, 5.74) is 1.75. The molecular weight excluding hydrogens is 242 g/mol. The molecule has 0 aromatic heterocycles. The Balaban J connectivity index is 0.000000303. The lowest BCUT2D eigenvalue weighted by molar-refractivity contribution is 0.618. The summed E-state index contributed by atoms with van der Waals surface area (Å²) in [7, 11) is 0. The summed E-state index contributed by atoms with van der Waals surface area (Å²) in [6.07, 6.45) is 0.901. The van der Waals surface area contributed by atoms with E-state index in [4.69, 9.17) is 0 Å². The first-order valence-electron chi connectivity index (χ1n) is 6.59. The zero-order valence-electron chi connectivity index (χ0n) is 12.1. The molecule has 0 nitrogen and oxygen atoms in total. The molecule has 0 aliphatic heterocycles. The normalized spacial score (nSPS) is 8.74. The molecule has 0 saturated carbocycles. The molecule has 0 spiro atoms. The van der Waals surface area contributed by atoms with E-state index >= 15 is 0 Å². The Hall–Kier alpha value is -1.70. The summed E-state index contributed by atoms with van der Waals surface area (Å²) < 4.78 is 24.7. The topological polar surface area (TPSA) is 0 Å². The van der Waals surface area contributed by atoms with Crippen LogP contribution in [0.5, 0.6) is 0 Å². The number of halogens is 2. The average molecular weight is 264 g/mol. The van der Waals surface area contributed by atoms with Crippen molar-refractivity contribution >= 4 is 0 Å². The monoisotopic (exact) mass is 264 g/mol. The molecule has 0 atom stereocenters. The molecule has 19 heavy (non-hydrogen) atoms. The number of benzene rings is 2. The lowest BCUT2D eigenvalue weighted by atomic mass is 10.2. The highest BCUT2D eigenvalue weighted by atomic mass is 19.1. The third-order valence-electron chi connectivity index (χ3n) is 2.37. The van der Waals surface area contributed by atoms with Gasteiger partial charge in [-0.3, -0.25) is 0 Å². The van der Waals surface area contributed by atoms with Gasteiger partial charge in [0.25, 0.3) is 0 Å². The van der Waals surface area contributed by atoms with Gasteiger partial charge >= 0.3 is 0 Å². The van der Waals surface area contributed by atoms with Gasteiger partial charge in [0.15, 0.2) is 0 Å². The highest BCUT2D eigenvalue weighted by Crippen LogP contribution is 2.03. The Bertz CT molecular complexity index is 443. The maximum absolute atomic E-state index is 12.4. The van der Waals surface area contributed by atoms with Crippen LogP contribution in [0.4, 0.5) is 8.78 Å². The first-order chi connectivity index (χ1) is 9.13. The molecule has 0 bridgehead atoms. The van der Waals surface area contributed by atoms with Gasteiger partial charge in [-0.05, 0) is 42.7 Å². The molecule has 104 valence electrons. The van der Waals surface area contributed by atoms with Gasteiger partial charge in [-0.2, -0.15) is 0 Å². The highest BCUT2D eigenvalue weighted by molar-refractivity contribution is 5.15. The van der Waals surface area contributed by atoms with Crippen LogP contribution in [-0.2, 0) is 6.42 Å². The van der Waals surface area contributed by atoms with Crippen molar-refractivity contribution in [2.24, 2.45) is 0 Å². The largest absolute Gasteiger partial charge is 0.207 e. The maximum Gasteiger partial charge on any atom is 0.126 e. The van der Waals surface area contributed by atoms with Crippen molar-refractivity contribution in [3.05, 3.63) is 71.3 Å². The van der Waals surface area contributed by atoms with Crippen LogP contribution in [0.2, 0.25) is 0 Å². The summed E-state index contributed by atoms with van der Waals surface area (Å²) in [6, 6.07) is 13.4. The van der Waals surface area contributed by atoms with Crippen molar-refractivity contribution in [3.8, 4) is 0 Å². The van der Waals surface area contributed by atoms with Crippen LogP contribution in [0.25, 0.3) is 0 Å². The molecule has 0 amide bonds. The van der Waals surface area contributed by atoms with E-state index in [1.165, 1.54) is 12.1 Å². The van der Waals surface area contributed by atoms with E-state index in [0.717, 1.165) is 12.0 Å². The zero-order chi connectivity index (χ0) is 14.7. The second-order valence-electron chi connectivity index (χ2n) is 3.73. The molecule has 2 heteroatoms. The van der Waals surface area contributed by atoms with Gasteiger partial charge in [-0.15, -0.1) is 0 Å². The SMILES string of the molecule is CC.CCc1cccc(F)c1.Cc1ccccc1F. The predicted molar refractivity (Wildman–Crippen MR) is 78.3 cm³/mol. The van der Waals surface area contributed by atoms with Gasteiger partial charge in [-0.1, -0.05) is 51.1 Å². The Labute approximate surface area is 115 Å². The lowest BCUT2D eigenvalue weighted by Crippen LogP contribution is -1.79. The number of hydrogen-bond acceptors (Lipinski definition) is 0. The zero-order valence-corrected chi connectivity index (χ0v) is 12.1. The lowest BCUT2D eigenvalue weighted by Gasteiger charge is -1.92. The van der Waals surface area contributed by atoms with Crippen molar-refractivity contribution < 1.29 is 8.78 Å². The van der Waals surface area contributed by atoms with Crippen LogP contribution < -0.4 is 0 Å². The summed E-state index contributed by atoms with van der Waals surface area (Å²) in [6.45, 7) is 7.75. The second kappa shape index (κ2) is 10.2. The second-order valence-corrected chi connectivity index (χ2v) is 3.73. The smallest absolute Gasteiger partial charge is 0.126 e. The molecular formula is C17H22F2. The van der Waals surface area contributed by atoms with Crippen LogP contribution in [0, 0.1) is 18.6 Å². The van der Waals surface area contributed by atoms with Crippen LogP contribution in [0.1, 0.15) is 31.9 Å². The Morgan fingerprint density at radius 1 is 0.895 bits per heavy atom. The van der Waals surface area contributed by atoms with Crippen molar-refractivity contribution in [3.63, 3.8) is 0 Å². The van der Waals surface area contributed by atoms with Crippen molar-refractivity contribution in [2.75, 3.05) is 0 Å². The minimum Gasteiger partial charge on any atom is -0.207 e. The molecule has 0 aliphatic rings. The standard InChI is InChI=1S/C8H9F.C7H7F.C2H6/c1-2-7-4-3-5-8(9)6-7;1-6-4-2-3-5-7(6)8;1-2/h3-6H,2H2,1H3;2-5H,1H3;1-2H3. The van der Waals surface area contributed by atoms with E-state index < -0.39 is 0 Å². The van der Waals surface area contributed by atoms with E-state index in [1.807, 2.05) is 32.9 Å². The third-order valence-corrected chi connectivity index (χ3v) is 2.37. The molecule has 2 aromatic rings. The fourth-order valence-corrected chi connectivity index (χ4v) is 1.31. The molecule has 0 unspecified atom stereocenters. The van der Waals surface area contributed by atoms with E-state index in [2.05, 4.69) is 0 Å². The Morgan fingerprint density at radius 3 is 1.89 bits per heavy atom. The van der Waals surface area contributed by atoms with E-state index in [0.29, 0.717) is 5.56 Å². The van der Waals surface area contributed by atoms with Gasteiger partial charge in [0.2, 0.25) is 0 Å². The molecule has 0 aliphatic carbocycles. The number of rotatable bonds is 1. The van der Waals surface area contributed by atoms with Gasteiger partial charge in [0, 0.05) is 0 Å². The molecule has 0 heterocycles. The summed E-state index contributed by atoms with van der Waals surface area (Å²) >= 11 is 0. The summed E-state index contributed by atoms with van der Waals surface area (Å²) in [5, 5.41) is 0. The molecule has 0 radical (unpaired) electrons. The van der Waals surface area contributed by atoms with Crippen LogP contribution in [0.15, 0.2) is 48.5 Å². The van der Waals surface area contributed by atoms with Crippen LogP contribution in [0.3, 0.4) is 0 Å². The summed E-state index contributed by atoms with van der Waals surface area (Å²) in [4.78, 5) is 0. The van der Waals surface area contributed by atoms with E-state index in [9.17, 15) is 8.78 Å². The fraction of sp³-hybridized carbons (Fsp3) is 0.294. The third kappa shape index (κ3) is 7.35. The Kier molecular flexibility index (Phi) is 9.33. The molecule has 0 fully saturated rings. The Morgan fingerprint density at radius 2 is 1.53 bits per heavy atom. The van der Waals surface area contributed by atoms with Crippen LogP contribution >= 0.6 is 0 Å². The molecule has 2 rings (SSSR count). The first kappa shape index (κ1) is 17.3. The molecule has 2 aromatic carbocycles. The number of hydrogen-bond donors (Lipinski definition) is 0. The molecule has 0 N–H and O–H groups in total. The van der Waals surface area contributed by atoms with Gasteiger partial charge in [-0.25, -0.2) is 8.78 Å².